The molecule has 0 aliphatic rings. The van der Waals surface area contributed by atoms with Gasteiger partial charge in [0, 0.05) is 31.4 Å². The molecule has 0 saturated carbocycles. The molecule has 112 valence electrons. The Kier molecular flexibility index (Phi) is 4.60. The third-order valence-corrected chi connectivity index (χ3v) is 5.26. The van der Waals surface area contributed by atoms with Crippen LogP contribution in [-0.2, 0) is 6.54 Å². The minimum absolute atomic E-state index is 0.110. The maximum atomic E-state index is 12.4. The van der Waals surface area contributed by atoms with Crippen LogP contribution in [-0.4, -0.2) is 32.8 Å². The summed E-state index contributed by atoms with van der Waals surface area (Å²) in [5.41, 5.74) is 1.51. The topological polar surface area (TPSA) is 59.0 Å². The number of nitrogens with zero attached hydrogens (tertiary/aromatic N) is 4. The van der Waals surface area contributed by atoms with Crippen molar-refractivity contribution in [2.45, 2.75) is 6.54 Å². The molecule has 8 heteroatoms. The molecule has 1 amide bonds. The minimum atomic E-state index is -0.110. The van der Waals surface area contributed by atoms with Crippen molar-refractivity contribution in [1.29, 1.82) is 0 Å². The Balaban J connectivity index is 1.74. The van der Waals surface area contributed by atoms with Crippen LogP contribution in [0.4, 0.5) is 0 Å². The van der Waals surface area contributed by atoms with Crippen molar-refractivity contribution in [2.24, 2.45) is 0 Å². The van der Waals surface area contributed by atoms with Crippen molar-refractivity contribution in [2.75, 3.05) is 7.05 Å². The molecular weight excluding hydrogens is 384 g/mol. The van der Waals surface area contributed by atoms with E-state index in [-0.39, 0.29) is 5.91 Å². The molecular formula is C14H11BrN4OS2. The number of amides is 1. The van der Waals surface area contributed by atoms with Gasteiger partial charge in [0.15, 0.2) is 10.8 Å². The number of halogens is 1. The molecule has 0 radical (unpaired) electrons. The second kappa shape index (κ2) is 6.64. The maximum absolute atomic E-state index is 12.4. The van der Waals surface area contributed by atoms with Crippen LogP contribution >= 0.6 is 38.6 Å². The predicted octanol–water partition coefficient (Wildman–Crippen LogP) is 3.70. The zero-order valence-electron chi connectivity index (χ0n) is 11.6. The molecule has 0 spiro atoms. The highest BCUT2D eigenvalue weighted by molar-refractivity contribution is 9.11. The van der Waals surface area contributed by atoms with Crippen LogP contribution in [0.1, 0.15) is 16.1 Å². The molecule has 3 aromatic rings. The Labute approximate surface area is 143 Å². The van der Waals surface area contributed by atoms with Crippen molar-refractivity contribution < 1.29 is 4.79 Å². The van der Waals surface area contributed by atoms with Gasteiger partial charge < -0.3 is 4.90 Å². The highest BCUT2D eigenvalue weighted by Gasteiger charge is 2.17. The summed E-state index contributed by atoms with van der Waals surface area (Å²) in [5, 5.41) is 4.42. The molecule has 0 saturated heterocycles. The zero-order valence-corrected chi connectivity index (χ0v) is 14.8. The molecule has 3 heterocycles. The third kappa shape index (κ3) is 3.40. The van der Waals surface area contributed by atoms with E-state index >= 15 is 0 Å². The van der Waals surface area contributed by atoms with E-state index in [1.165, 1.54) is 11.3 Å². The number of carbonyl (C=O) groups excluding carboxylic acids is 1. The fourth-order valence-corrected chi connectivity index (χ4v) is 3.79. The average Bonchev–Trinajstić information content (AvgIpc) is 3.17. The smallest absolute Gasteiger partial charge is 0.273 e. The van der Waals surface area contributed by atoms with Crippen molar-refractivity contribution in [3.63, 3.8) is 0 Å². The number of hydrogen-bond acceptors (Lipinski definition) is 6. The third-order valence-electron chi connectivity index (χ3n) is 2.87. The van der Waals surface area contributed by atoms with Crippen LogP contribution in [0.25, 0.3) is 10.8 Å². The molecule has 0 bridgehead atoms. The summed E-state index contributed by atoms with van der Waals surface area (Å²) >= 11 is 6.40. The Bertz CT molecular complexity index is 787. The van der Waals surface area contributed by atoms with Gasteiger partial charge in [-0.15, -0.1) is 22.7 Å². The van der Waals surface area contributed by atoms with Crippen molar-refractivity contribution in [3.05, 3.63) is 50.3 Å². The lowest BCUT2D eigenvalue weighted by Gasteiger charge is -2.14. The first kappa shape index (κ1) is 15.3. The molecule has 0 aliphatic carbocycles. The van der Waals surface area contributed by atoms with Crippen LogP contribution in [0.5, 0.6) is 0 Å². The van der Waals surface area contributed by atoms with E-state index in [2.05, 4.69) is 30.9 Å². The van der Waals surface area contributed by atoms with Gasteiger partial charge in [-0.3, -0.25) is 4.79 Å². The van der Waals surface area contributed by atoms with E-state index in [1.54, 1.807) is 47.1 Å². The van der Waals surface area contributed by atoms with Crippen LogP contribution in [0.3, 0.4) is 0 Å². The van der Waals surface area contributed by atoms with Crippen molar-refractivity contribution >= 4 is 44.5 Å². The zero-order chi connectivity index (χ0) is 15.5. The van der Waals surface area contributed by atoms with E-state index in [9.17, 15) is 4.79 Å². The normalized spacial score (nSPS) is 10.6. The fourth-order valence-electron chi connectivity index (χ4n) is 1.85. The Morgan fingerprint density at radius 2 is 2.05 bits per heavy atom. The number of thiazole rings is 1. The Morgan fingerprint density at radius 3 is 2.73 bits per heavy atom. The minimum Gasteiger partial charge on any atom is -0.336 e. The SMILES string of the molecule is CN(Cc1csc(Br)c1)C(=O)c1csc(-c2ncccn2)n1. The largest absolute Gasteiger partial charge is 0.336 e. The number of carbonyl (C=O) groups is 1. The van der Waals surface area contributed by atoms with Gasteiger partial charge >= 0.3 is 0 Å². The molecule has 22 heavy (non-hydrogen) atoms. The Hall–Kier alpha value is -1.64. The predicted molar refractivity (Wildman–Crippen MR) is 91.0 cm³/mol. The summed E-state index contributed by atoms with van der Waals surface area (Å²) < 4.78 is 1.06. The first-order valence-corrected chi connectivity index (χ1v) is 8.90. The molecule has 0 aromatic carbocycles. The van der Waals surface area contributed by atoms with Crippen LogP contribution in [0.2, 0.25) is 0 Å². The lowest BCUT2D eigenvalue weighted by molar-refractivity contribution is 0.0780. The lowest BCUT2D eigenvalue weighted by Crippen LogP contribution is -2.26. The van der Waals surface area contributed by atoms with Gasteiger partial charge in [-0.25, -0.2) is 15.0 Å². The van der Waals surface area contributed by atoms with E-state index in [0.717, 1.165) is 9.35 Å². The second-order valence-electron chi connectivity index (χ2n) is 4.53. The Morgan fingerprint density at radius 1 is 1.27 bits per heavy atom. The van der Waals surface area contributed by atoms with E-state index in [1.807, 2.05) is 11.4 Å². The van der Waals surface area contributed by atoms with Gasteiger partial charge in [0.2, 0.25) is 0 Å². The molecule has 3 rings (SSSR count). The van der Waals surface area contributed by atoms with Crippen LogP contribution in [0, 0.1) is 0 Å². The molecule has 3 aromatic heterocycles. The number of rotatable bonds is 4. The van der Waals surface area contributed by atoms with E-state index in [0.29, 0.717) is 23.1 Å². The molecule has 5 nitrogen and oxygen atoms in total. The van der Waals surface area contributed by atoms with Gasteiger partial charge in [0.1, 0.15) is 5.69 Å². The molecule has 0 unspecified atom stereocenters. The van der Waals surface area contributed by atoms with Gasteiger partial charge in [-0.1, -0.05) is 0 Å². The highest BCUT2D eigenvalue weighted by Crippen LogP contribution is 2.23. The van der Waals surface area contributed by atoms with E-state index < -0.39 is 0 Å². The number of hydrogen-bond donors (Lipinski definition) is 0. The fraction of sp³-hybridized carbons (Fsp3) is 0.143. The average molecular weight is 395 g/mol. The molecule has 0 fully saturated rings. The van der Waals surface area contributed by atoms with Crippen LogP contribution < -0.4 is 0 Å². The monoisotopic (exact) mass is 394 g/mol. The summed E-state index contributed by atoms with van der Waals surface area (Å²) in [6.07, 6.45) is 3.32. The summed E-state index contributed by atoms with van der Waals surface area (Å²) in [7, 11) is 1.77. The number of thiophene rings is 1. The van der Waals surface area contributed by atoms with Gasteiger partial charge in [0.05, 0.1) is 3.79 Å². The first-order valence-electron chi connectivity index (χ1n) is 6.35. The molecule has 0 N–H and O–H groups in total. The van der Waals surface area contributed by atoms with Crippen molar-refractivity contribution in [1.82, 2.24) is 19.9 Å². The number of aromatic nitrogens is 3. The standard InChI is InChI=1S/C14H11BrN4OS2/c1-19(6-9-5-11(15)21-7-9)14(20)10-8-22-13(18-10)12-16-3-2-4-17-12/h2-5,7-8H,6H2,1H3. The molecule has 0 atom stereocenters. The van der Waals surface area contributed by atoms with Crippen molar-refractivity contribution in [3.8, 4) is 10.8 Å². The van der Waals surface area contributed by atoms with E-state index in [4.69, 9.17) is 0 Å². The summed E-state index contributed by atoms with van der Waals surface area (Å²) in [6, 6.07) is 3.76. The quantitative estimate of drug-likeness (QED) is 0.676. The summed E-state index contributed by atoms with van der Waals surface area (Å²) in [4.78, 5) is 26.7. The summed E-state index contributed by atoms with van der Waals surface area (Å²) in [5.74, 6) is 0.428. The second-order valence-corrected chi connectivity index (χ2v) is 7.68. The highest BCUT2D eigenvalue weighted by atomic mass is 79.9. The van der Waals surface area contributed by atoms with Gasteiger partial charge in [-0.2, -0.15) is 0 Å². The maximum Gasteiger partial charge on any atom is 0.273 e. The lowest BCUT2D eigenvalue weighted by atomic mass is 10.3. The first-order chi connectivity index (χ1) is 10.6. The molecule has 0 aliphatic heterocycles. The van der Waals surface area contributed by atoms with Gasteiger partial charge in [-0.05, 0) is 39.0 Å². The van der Waals surface area contributed by atoms with Gasteiger partial charge in [0.25, 0.3) is 5.91 Å². The summed E-state index contributed by atoms with van der Waals surface area (Å²) in [6.45, 7) is 0.551. The van der Waals surface area contributed by atoms with Crippen LogP contribution in [0.15, 0.2) is 39.1 Å².